The van der Waals surface area contributed by atoms with Crippen LogP contribution in [-0.4, -0.2) is 18.7 Å². The molecule has 4 aliphatic rings. The number of benzene rings is 1. The van der Waals surface area contributed by atoms with Crippen molar-refractivity contribution in [2.75, 3.05) is 6.54 Å². The van der Waals surface area contributed by atoms with E-state index in [-0.39, 0.29) is 0 Å². The molecule has 5 rings (SSSR count). The molecule has 112 valence electrons. The standard InChI is InChI=1S/C19H25NO/c1-2-4-18-13(3-1)8-17(21-18)11-19(12-20-16-5-6-16)9-14-7-15(14)10-19/h1-4,14-17,20H,5-12H2. The van der Waals surface area contributed by atoms with Crippen molar-refractivity contribution in [1.29, 1.82) is 0 Å². The van der Waals surface area contributed by atoms with Gasteiger partial charge in [0, 0.05) is 19.0 Å². The highest BCUT2D eigenvalue weighted by atomic mass is 16.5. The first-order chi connectivity index (χ1) is 10.3. The van der Waals surface area contributed by atoms with E-state index in [0.717, 1.165) is 30.0 Å². The largest absolute Gasteiger partial charge is 0.490 e. The summed E-state index contributed by atoms with van der Waals surface area (Å²) in [4.78, 5) is 0. The molecular formula is C19H25NO. The summed E-state index contributed by atoms with van der Waals surface area (Å²) >= 11 is 0. The van der Waals surface area contributed by atoms with Crippen molar-refractivity contribution < 1.29 is 4.74 Å². The molecule has 3 saturated carbocycles. The summed E-state index contributed by atoms with van der Waals surface area (Å²) < 4.78 is 6.24. The van der Waals surface area contributed by atoms with Gasteiger partial charge in [0.2, 0.25) is 0 Å². The molecule has 1 aliphatic heterocycles. The number of ether oxygens (including phenoxy) is 1. The smallest absolute Gasteiger partial charge is 0.123 e. The summed E-state index contributed by atoms with van der Waals surface area (Å²) in [5.41, 5.74) is 1.94. The van der Waals surface area contributed by atoms with Gasteiger partial charge in [-0.25, -0.2) is 0 Å². The third kappa shape index (κ3) is 2.38. The van der Waals surface area contributed by atoms with Gasteiger partial charge in [-0.1, -0.05) is 18.2 Å². The predicted molar refractivity (Wildman–Crippen MR) is 83.5 cm³/mol. The van der Waals surface area contributed by atoms with Gasteiger partial charge in [-0.3, -0.25) is 0 Å². The average Bonchev–Trinajstić information content (AvgIpc) is 3.37. The summed E-state index contributed by atoms with van der Waals surface area (Å²) in [7, 11) is 0. The Morgan fingerprint density at radius 3 is 2.71 bits per heavy atom. The van der Waals surface area contributed by atoms with Gasteiger partial charge < -0.3 is 10.1 Å². The molecule has 1 aromatic carbocycles. The van der Waals surface area contributed by atoms with E-state index in [4.69, 9.17) is 4.74 Å². The molecule has 21 heavy (non-hydrogen) atoms. The summed E-state index contributed by atoms with van der Waals surface area (Å²) in [5, 5.41) is 3.82. The highest BCUT2D eigenvalue weighted by molar-refractivity contribution is 5.37. The van der Waals surface area contributed by atoms with E-state index in [0.29, 0.717) is 11.5 Å². The maximum Gasteiger partial charge on any atom is 0.123 e. The van der Waals surface area contributed by atoms with Crippen LogP contribution in [0.25, 0.3) is 0 Å². The fraction of sp³-hybridized carbons (Fsp3) is 0.684. The van der Waals surface area contributed by atoms with Crippen molar-refractivity contribution in [3.8, 4) is 5.75 Å². The van der Waals surface area contributed by atoms with E-state index >= 15 is 0 Å². The van der Waals surface area contributed by atoms with E-state index < -0.39 is 0 Å². The minimum Gasteiger partial charge on any atom is -0.490 e. The van der Waals surface area contributed by atoms with Crippen LogP contribution < -0.4 is 10.1 Å². The number of para-hydroxylation sites is 1. The van der Waals surface area contributed by atoms with E-state index in [2.05, 4.69) is 29.6 Å². The predicted octanol–water partition coefficient (Wildman–Crippen LogP) is 3.55. The van der Waals surface area contributed by atoms with E-state index in [1.807, 2.05) is 0 Å². The molecule has 3 unspecified atom stereocenters. The first-order valence-electron chi connectivity index (χ1n) is 8.78. The second kappa shape index (κ2) is 4.49. The maximum absolute atomic E-state index is 6.24. The van der Waals surface area contributed by atoms with Crippen LogP contribution in [-0.2, 0) is 6.42 Å². The minimum absolute atomic E-state index is 0.418. The molecule has 0 amide bonds. The third-order valence-electron chi connectivity index (χ3n) is 6.18. The van der Waals surface area contributed by atoms with Gasteiger partial charge in [-0.15, -0.1) is 0 Å². The quantitative estimate of drug-likeness (QED) is 0.892. The first-order valence-corrected chi connectivity index (χ1v) is 8.78. The van der Waals surface area contributed by atoms with Crippen molar-refractivity contribution in [3.63, 3.8) is 0 Å². The molecule has 3 atom stereocenters. The van der Waals surface area contributed by atoms with E-state index in [1.165, 1.54) is 50.6 Å². The highest BCUT2D eigenvalue weighted by Crippen LogP contribution is 2.61. The van der Waals surface area contributed by atoms with Crippen LogP contribution in [0.5, 0.6) is 5.75 Å². The molecule has 2 nitrogen and oxygen atoms in total. The van der Waals surface area contributed by atoms with Crippen LogP contribution in [0.2, 0.25) is 0 Å². The molecule has 0 bridgehead atoms. The number of hydrogen-bond donors (Lipinski definition) is 1. The fourth-order valence-electron chi connectivity index (χ4n) is 4.89. The molecule has 0 saturated heterocycles. The Hall–Kier alpha value is -1.02. The zero-order valence-corrected chi connectivity index (χ0v) is 12.7. The Morgan fingerprint density at radius 2 is 1.95 bits per heavy atom. The Bertz CT molecular complexity index is 515. The number of hydrogen-bond acceptors (Lipinski definition) is 2. The Kier molecular flexibility index (Phi) is 2.67. The van der Waals surface area contributed by atoms with Crippen LogP contribution >= 0.6 is 0 Å². The molecule has 1 heterocycles. The van der Waals surface area contributed by atoms with E-state index in [1.54, 1.807) is 0 Å². The normalized spacial score (nSPS) is 39.7. The lowest BCUT2D eigenvalue weighted by atomic mass is 9.77. The lowest BCUT2D eigenvalue weighted by Gasteiger charge is -2.33. The van der Waals surface area contributed by atoms with Crippen LogP contribution in [0.1, 0.15) is 44.1 Å². The van der Waals surface area contributed by atoms with Crippen molar-refractivity contribution in [2.24, 2.45) is 17.3 Å². The summed E-state index contributed by atoms with van der Waals surface area (Å²) in [6.07, 6.45) is 10.0. The number of fused-ring (bicyclic) bond motifs is 2. The van der Waals surface area contributed by atoms with E-state index in [9.17, 15) is 0 Å². The summed E-state index contributed by atoms with van der Waals surface area (Å²) in [6.45, 7) is 1.24. The van der Waals surface area contributed by atoms with Crippen LogP contribution in [0.4, 0.5) is 0 Å². The molecule has 3 fully saturated rings. The highest BCUT2D eigenvalue weighted by Gasteiger charge is 2.54. The maximum atomic E-state index is 6.24. The van der Waals surface area contributed by atoms with Gasteiger partial charge in [0.05, 0.1) is 0 Å². The van der Waals surface area contributed by atoms with Crippen LogP contribution in [0, 0.1) is 17.3 Å². The van der Waals surface area contributed by atoms with Gasteiger partial charge in [-0.05, 0) is 67.4 Å². The molecule has 0 radical (unpaired) electrons. The first kappa shape index (κ1) is 12.5. The molecular weight excluding hydrogens is 258 g/mol. The zero-order chi connectivity index (χ0) is 13.9. The summed E-state index contributed by atoms with van der Waals surface area (Å²) in [5.74, 6) is 3.24. The van der Waals surface area contributed by atoms with Gasteiger partial charge in [0.25, 0.3) is 0 Å². The number of rotatable bonds is 5. The lowest BCUT2D eigenvalue weighted by Crippen LogP contribution is -2.38. The Balaban J connectivity index is 1.28. The zero-order valence-electron chi connectivity index (χ0n) is 12.7. The molecule has 0 spiro atoms. The summed E-state index contributed by atoms with van der Waals surface area (Å²) in [6, 6.07) is 9.43. The monoisotopic (exact) mass is 283 g/mol. The third-order valence-corrected chi connectivity index (χ3v) is 6.18. The molecule has 1 aromatic rings. The minimum atomic E-state index is 0.418. The van der Waals surface area contributed by atoms with Crippen molar-refractivity contribution >= 4 is 0 Å². The van der Waals surface area contributed by atoms with Crippen molar-refractivity contribution in [3.05, 3.63) is 29.8 Å². The Labute approximate surface area is 127 Å². The molecule has 3 aliphatic carbocycles. The second-order valence-corrected chi connectivity index (χ2v) is 8.08. The average molecular weight is 283 g/mol. The van der Waals surface area contributed by atoms with Crippen molar-refractivity contribution in [2.45, 2.75) is 57.1 Å². The Morgan fingerprint density at radius 1 is 1.14 bits per heavy atom. The van der Waals surface area contributed by atoms with Gasteiger partial charge >= 0.3 is 0 Å². The molecule has 2 heteroatoms. The van der Waals surface area contributed by atoms with Gasteiger partial charge in [0.15, 0.2) is 0 Å². The SMILES string of the molecule is c1ccc2c(c1)CC(CC1(CNC3CC3)CC3CC3C1)O2. The van der Waals surface area contributed by atoms with Crippen LogP contribution in [0.15, 0.2) is 24.3 Å². The van der Waals surface area contributed by atoms with Crippen LogP contribution in [0.3, 0.4) is 0 Å². The lowest BCUT2D eigenvalue weighted by molar-refractivity contribution is 0.124. The van der Waals surface area contributed by atoms with Crippen molar-refractivity contribution in [1.82, 2.24) is 5.32 Å². The topological polar surface area (TPSA) is 21.3 Å². The second-order valence-electron chi connectivity index (χ2n) is 8.08. The fourth-order valence-corrected chi connectivity index (χ4v) is 4.89. The molecule has 0 aromatic heterocycles. The van der Waals surface area contributed by atoms with Gasteiger partial charge in [0.1, 0.15) is 11.9 Å². The van der Waals surface area contributed by atoms with Gasteiger partial charge in [-0.2, -0.15) is 0 Å². The number of nitrogens with one attached hydrogen (secondary N) is 1. The molecule has 1 N–H and O–H groups in total.